The van der Waals surface area contributed by atoms with E-state index in [9.17, 15) is 9.50 Å². The molecule has 0 aliphatic heterocycles. The average molecular weight is 247 g/mol. The van der Waals surface area contributed by atoms with Crippen LogP contribution in [0.4, 0.5) is 4.39 Å². The molecule has 0 aliphatic carbocycles. The summed E-state index contributed by atoms with van der Waals surface area (Å²) in [4.78, 5) is 3.91. The molecule has 1 atom stereocenters. The van der Waals surface area contributed by atoms with Gasteiger partial charge in [-0.1, -0.05) is 12.1 Å². The molecule has 0 fully saturated rings. The molecule has 1 unspecified atom stereocenters. The second kappa shape index (κ2) is 4.74. The molecule has 4 heteroatoms. The van der Waals surface area contributed by atoms with E-state index in [-0.39, 0.29) is 0 Å². The average Bonchev–Trinajstić information content (AvgIpc) is 2.39. The molecule has 18 heavy (non-hydrogen) atoms. The number of rotatable bonds is 3. The minimum absolute atomic E-state index is 0.397. The minimum Gasteiger partial charge on any atom is -0.497 e. The molecule has 3 nitrogen and oxygen atoms in total. The number of nitrogens with zero attached hydrogens (tertiary/aromatic N) is 1. The van der Waals surface area contributed by atoms with E-state index in [0.717, 1.165) is 6.20 Å². The Bertz CT molecular complexity index is 520. The van der Waals surface area contributed by atoms with Crippen molar-refractivity contribution in [2.75, 3.05) is 7.11 Å². The first-order chi connectivity index (χ1) is 8.54. The van der Waals surface area contributed by atoms with Gasteiger partial charge in [0.2, 0.25) is 0 Å². The topological polar surface area (TPSA) is 42.4 Å². The lowest BCUT2D eigenvalue weighted by Crippen LogP contribution is -2.24. The number of aliphatic hydroxyl groups is 1. The molecule has 1 aromatic heterocycles. The van der Waals surface area contributed by atoms with E-state index in [4.69, 9.17) is 4.74 Å². The molecular weight excluding hydrogens is 233 g/mol. The maximum atomic E-state index is 12.8. The third-order valence-electron chi connectivity index (χ3n) is 2.88. The molecule has 2 rings (SSSR count). The van der Waals surface area contributed by atoms with Gasteiger partial charge in [0.1, 0.15) is 17.2 Å². The number of halogens is 1. The fourth-order valence-electron chi connectivity index (χ4n) is 1.73. The van der Waals surface area contributed by atoms with Crippen molar-refractivity contribution in [3.05, 3.63) is 59.7 Å². The third-order valence-corrected chi connectivity index (χ3v) is 2.88. The number of methoxy groups -OCH3 is 1. The number of ether oxygens (including phenoxy) is 1. The van der Waals surface area contributed by atoms with Gasteiger partial charge in [-0.15, -0.1) is 0 Å². The highest BCUT2D eigenvalue weighted by atomic mass is 19.1. The van der Waals surface area contributed by atoms with Crippen LogP contribution in [0.5, 0.6) is 5.75 Å². The monoisotopic (exact) mass is 247 g/mol. The van der Waals surface area contributed by atoms with Gasteiger partial charge in [0, 0.05) is 0 Å². The first kappa shape index (κ1) is 12.5. The van der Waals surface area contributed by atoms with E-state index in [0.29, 0.717) is 17.0 Å². The van der Waals surface area contributed by atoms with Gasteiger partial charge in [-0.3, -0.25) is 4.98 Å². The zero-order valence-corrected chi connectivity index (χ0v) is 10.2. The van der Waals surface area contributed by atoms with Gasteiger partial charge in [-0.25, -0.2) is 4.39 Å². The molecule has 0 saturated heterocycles. The maximum Gasteiger partial charge on any atom is 0.141 e. The molecule has 0 spiro atoms. The van der Waals surface area contributed by atoms with Gasteiger partial charge >= 0.3 is 0 Å². The van der Waals surface area contributed by atoms with E-state index in [2.05, 4.69) is 4.98 Å². The van der Waals surface area contributed by atoms with Crippen LogP contribution in [0, 0.1) is 5.82 Å². The lowest BCUT2D eigenvalue weighted by atomic mass is 9.92. The van der Waals surface area contributed by atoms with Crippen LogP contribution in [-0.2, 0) is 5.60 Å². The summed E-state index contributed by atoms with van der Waals surface area (Å²) in [7, 11) is 1.58. The number of hydrogen-bond donors (Lipinski definition) is 1. The van der Waals surface area contributed by atoms with Crippen molar-refractivity contribution in [3.63, 3.8) is 0 Å². The summed E-state index contributed by atoms with van der Waals surface area (Å²) >= 11 is 0. The van der Waals surface area contributed by atoms with Crippen molar-refractivity contribution in [1.29, 1.82) is 0 Å². The van der Waals surface area contributed by atoms with Crippen molar-refractivity contribution < 1.29 is 14.2 Å². The Hall–Kier alpha value is -1.94. The predicted octanol–water partition coefficient (Wildman–Crippen LogP) is 2.49. The van der Waals surface area contributed by atoms with Crippen molar-refractivity contribution in [3.8, 4) is 5.75 Å². The molecular formula is C14H14FNO2. The van der Waals surface area contributed by atoms with Gasteiger partial charge in [0.15, 0.2) is 0 Å². The molecule has 1 N–H and O–H groups in total. The summed E-state index contributed by atoms with van der Waals surface area (Å²) in [5, 5.41) is 10.5. The fraction of sp³-hybridized carbons (Fsp3) is 0.214. The van der Waals surface area contributed by atoms with E-state index < -0.39 is 11.4 Å². The second-order valence-electron chi connectivity index (χ2n) is 4.16. The van der Waals surface area contributed by atoms with Gasteiger partial charge in [-0.2, -0.15) is 0 Å². The lowest BCUT2D eigenvalue weighted by molar-refractivity contribution is 0.0972. The minimum atomic E-state index is -1.26. The molecule has 94 valence electrons. The zero-order chi connectivity index (χ0) is 13.2. The quantitative estimate of drug-likeness (QED) is 0.906. The van der Waals surface area contributed by atoms with Gasteiger partial charge < -0.3 is 9.84 Å². The van der Waals surface area contributed by atoms with Crippen LogP contribution < -0.4 is 4.74 Å². The van der Waals surface area contributed by atoms with E-state index in [1.54, 1.807) is 38.3 Å². The van der Waals surface area contributed by atoms with Gasteiger partial charge in [-0.05, 0) is 36.8 Å². The highest BCUT2D eigenvalue weighted by molar-refractivity contribution is 5.35. The van der Waals surface area contributed by atoms with Crippen LogP contribution in [0.25, 0.3) is 0 Å². The zero-order valence-electron chi connectivity index (χ0n) is 10.2. The van der Waals surface area contributed by atoms with Crippen LogP contribution in [0.15, 0.2) is 42.6 Å². The van der Waals surface area contributed by atoms with Gasteiger partial charge in [0.05, 0.1) is 19.0 Å². The highest BCUT2D eigenvalue weighted by Gasteiger charge is 2.27. The second-order valence-corrected chi connectivity index (χ2v) is 4.16. The first-order valence-electron chi connectivity index (χ1n) is 5.53. The Labute approximate surface area is 105 Å². The fourth-order valence-corrected chi connectivity index (χ4v) is 1.73. The summed E-state index contributed by atoms with van der Waals surface area (Å²) < 4.78 is 17.9. The predicted molar refractivity (Wildman–Crippen MR) is 65.9 cm³/mol. The summed E-state index contributed by atoms with van der Waals surface area (Å²) in [5.74, 6) is 0.283. The standard InChI is InChI=1S/C14H14FNO2/c1-14(17,13-8-5-11(15)9-16-13)10-3-6-12(18-2)7-4-10/h3-9,17H,1-2H3. The summed E-state index contributed by atoms with van der Waals surface area (Å²) in [6.07, 6.45) is 1.09. The Morgan fingerprint density at radius 1 is 1.17 bits per heavy atom. The van der Waals surface area contributed by atoms with Crippen LogP contribution in [0.2, 0.25) is 0 Å². The third kappa shape index (κ3) is 2.33. The largest absolute Gasteiger partial charge is 0.497 e. The van der Waals surface area contributed by atoms with Crippen molar-refractivity contribution in [1.82, 2.24) is 4.98 Å². The van der Waals surface area contributed by atoms with Crippen molar-refractivity contribution >= 4 is 0 Å². The maximum absolute atomic E-state index is 12.8. The van der Waals surface area contributed by atoms with Crippen molar-refractivity contribution in [2.24, 2.45) is 0 Å². The van der Waals surface area contributed by atoms with Gasteiger partial charge in [0.25, 0.3) is 0 Å². The van der Waals surface area contributed by atoms with Crippen LogP contribution in [0.3, 0.4) is 0 Å². The Kier molecular flexibility index (Phi) is 3.30. The Balaban J connectivity index is 2.37. The SMILES string of the molecule is COc1ccc(C(C)(O)c2ccc(F)cn2)cc1. The molecule has 2 aromatic rings. The van der Waals surface area contributed by atoms with E-state index in [1.165, 1.54) is 12.1 Å². The molecule has 1 heterocycles. The Morgan fingerprint density at radius 3 is 2.33 bits per heavy atom. The number of hydrogen-bond acceptors (Lipinski definition) is 3. The number of benzene rings is 1. The van der Waals surface area contributed by atoms with Crippen LogP contribution in [0.1, 0.15) is 18.2 Å². The molecule has 0 amide bonds. The van der Waals surface area contributed by atoms with E-state index in [1.807, 2.05) is 0 Å². The molecule has 0 aliphatic rings. The number of aromatic nitrogens is 1. The van der Waals surface area contributed by atoms with Crippen LogP contribution in [-0.4, -0.2) is 17.2 Å². The van der Waals surface area contributed by atoms with Crippen molar-refractivity contribution in [2.45, 2.75) is 12.5 Å². The normalized spacial score (nSPS) is 14.0. The lowest BCUT2D eigenvalue weighted by Gasteiger charge is -2.23. The molecule has 0 bridgehead atoms. The first-order valence-corrected chi connectivity index (χ1v) is 5.53. The van der Waals surface area contributed by atoms with E-state index >= 15 is 0 Å². The molecule has 1 aromatic carbocycles. The molecule has 0 saturated carbocycles. The molecule has 0 radical (unpaired) electrons. The summed E-state index contributed by atoms with van der Waals surface area (Å²) in [6, 6.07) is 9.77. The summed E-state index contributed by atoms with van der Waals surface area (Å²) in [6.45, 7) is 1.62. The highest BCUT2D eigenvalue weighted by Crippen LogP contribution is 2.28. The number of pyridine rings is 1. The van der Waals surface area contributed by atoms with Crippen LogP contribution >= 0.6 is 0 Å². The Morgan fingerprint density at radius 2 is 1.83 bits per heavy atom. The smallest absolute Gasteiger partial charge is 0.141 e. The summed E-state index contributed by atoms with van der Waals surface area (Å²) in [5.41, 5.74) is -0.198.